The number of piperidine rings is 1. The minimum Gasteiger partial charge on any atom is -0.493 e. The van der Waals surface area contributed by atoms with Gasteiger partial charge in [0, 0.05) is 25.2 Å². The van der Waals surface area contributed by atoms with E-state index in [4.69, 9.17) is 9.47 Å². The summed E-state index contributed by atoms with van der Waals surface area (Å²) in [5.41, 5.74) is 1.47. The topological polar surface area (TPSA) is 93.6 Å². The summed E-state index contributed by atoms with van der Waals surface area (Å²) >= 11 is 0. The number of H-pyrrole nitrogens is 1. The number of aromatic amines is 1. The van der Waals surface area contributed by atoms with Gasteiger partial charge in [-0.1, -0.05) is 30.3 Å². The van der Waals surface area contributed by atoms with E-state index in [0.29, 0.717) is 43.2 Å². The molecule has 0 amide bonds. The average molecular weight is 480 g/mol. The number of fused-ring (bicyclic) bond motifs is 1. The van der Waals surface area contributed by atoms with Gasteiger partial charge in [-0.3, -0.25) is 4.57 Å². The fraction of sp³-hybridized carbons (Fsp3) is 0.240. The number of aromatic nitrogens is 2. The van der Waals surface area contributed by atoms with Gasteiger partial charge in [0.2, 0.25) is 10.0 Å². The summed E-state index contributed by atoms with van der Waals surface area (Å²) in [7, 11) is -2.16. The van der Waals surface area contributed by atoms with Gasteiger partial charge in [0.05, 0.1) is 23.0 Å². The second-order valence-electron chi connectivity index (χ2n) is 8.18. The van der Waals surface area contributed by atoms with E-state index in [1.165, 1.54) is 10.4 Å². The van der Waals surface area contributed by atoms with E-state index in [1.54, 1.807) is 42.0 Å². The van der Waals surface area contributed by atoms with Crippen molar-refractivity contribution in [2.24, 2.45) is 0 Å². The van der Waals surface area contributed by atoms with Crippen LogP contribution < -0.4 is 15.2 Å². The molecule has 1 aliphatic heterocycles. The van der Waals surface area contributed by atoms with Crippen LogP contribution in [-0.2, 0) is 10.0 Å². The lowest BCUT2D eigenvalue weighted by molar-refractivity contribution is 0.274. The molecule has 5 rings (SSSR count). The molecule has 34 heavy (non-hydrogen) atoms. The normalized spacial score (nSPS) is 15.4. The van der Waals surface area contributed by atoms with Gasteiger partial charge in [-0.2, -0.15) is 4.31 Å². The Kier molecular flexibility index (Phi) is 5.89. The Labute approximate surface area is 197 Å². The third kappa shape index (κ3) is 4.08. The number of nitrogens with one attached hydrogen (secondary N) is 1. The van der Waals surface area contributed by atoms with Crippen LogP contribution in [0.4, 0.5) is 0 Å². The summed E-state index contributed by atoms with van der Waals surface area (Å²) in [6.07, 6.45) is 1.11. The highest BCUT2D eigenvalue weighted by Crippen LogP contribution is 2.33. The number of benzene rings is 3. The van der Waals surface area contributed by atoms with Crippen LogP contribution in [0.15, 0.2) is 82.5 Å². The largest absolute Gasteiger partial charge is 0.493 e. The molecule has 4 aromatic rings. The molecule has 1 fully saturated rings. The highest BCUT2D eigenvalue weighted by atomic mass is 32.2. The highest BCUT2D eigenvalue weighted by Gasteiger charge is 2.31. The van der Waals surface area contributed by atoms with E-state index < -0.39 is 10.0 Å². The second kappa shape index (κ2) is 9.00. The summed E-state index contributed by atoms with van der Waals surface area (Å²) in [4.78, 5) is 15.6. The third-order valence-corrected chi connectivity index (χ3v) is 8.05. The van der Waals surface area contributed by atoms with Crippen LogP contribution in [0.1, 0.15) is 18.9 Å². The van der Waals surface area contributed by atoms with Crippen molar-refractivity contribution in [3.63, 3.8) is 0 Å². The Bertz CT molecular complexity index is 1480. The van der Waals surface area contributed by atoms with Gasteiger partial charge in [0.1, 0.15) is 5.75 Å². The maximum atomic E-state index is 13.4. The van der Waals surface area contributed by atoms with E-state index in [-0.39, 0.29) is 16.6 Å². The zero-order valence-electron chi connectivity index (χ0n) is 18.7. The minimum atomic E-state index is -3.71. The van der Waals surface area contributed by atoms with E-state index >= 15 is 0 Å². The fourth-order valence-electron chi connectivity index (χ4n) is 4.45. The van der Waals surface area contributed by atoms with Gasteiger partial charge in [-0.15, -0.1) is 0 Å². The molecule has 176 valence electrons. The minimum absolute atomic E-state index is 0.0599. The Morgan fingerprint density at radius 3 is 2.38 bits per heavy atom. The standard InChI is InChI=1S/C25H25N3O5S/c1-32-23-11-4-5-12-24(23)33-19-7-6-8-20(17-19)34(30,31)27-15-13-18(14-16-27)28-22-10-3-2-9-21(22)26-25(28)29/h2-12,17-18H,13-16H2,1H3,(H,26,29). The van der Waals surface area contributed by atoms with E-state index in [1.807, 2.05) is 36.4 Å². The third-order valence-electron chi connectivity index (χ3n) is 6.15. The van der Waals surface area contributed by atoms with Crippen molar-refractivity contribution in [3.05, 3.63) is 83.3 Å². The van der Waals surface area contributed by atoms with Crippen molar-refractivity contribution in [1.82, 2.24) is 13.9 Å². The van der Waals surface area contributed by atoms with Crippen LogP contribution in [0.3, 0.4) is 0 Å². The first-order valence-electron chi connectivity index (χ1n) is 11.1. The predicted molar refractivity (Wildman–Crippen MR) is 129 cm³/mol. The zero-order valence-corrected chi connectivity index (χ0v) is 19.5. The van der Waals surface area contributed by atoms with Crippen molar-refractivity contribution in [1.29, 1.82) is 0 Å². The molecule has 0 spiro atoms. The van der Waals surface area contributed by atoms with Crippen LogP contribution >= 0.6 is 0 Å². The molecule has 0 bridgehead atoms. The number of ether oxygens (including phenoxy) is 2. The zero-order chi connectivity index (χ0) is 23.7. The summed E-state index contributed by atoms with van der Waals surface area (Å²) in [5, 5.41) is 0. The molecule has 0 aliphatic carbocycles. The number of sulfonamides is 1. The van der Waals surface area contributed by atoms with E-state index in [2.05, 4.69) is 4.98 Å². The molecule has 1 aromatic heterocycles. The Hall–Kier alpha value is -3.56. The first-order valence-corrected chi connectivity index (χ1v) is 12.5. The molecular formula is C25H25N3O5S. The lowest BCUT2D eigenvalue weighted by Gasteiger charge is -2.31. The SMILES string of the molecule is COc1ccccc1Oc1cccc(S(=O)(=O)N2CCC(n3c(=O)[nH]c4ccccc43)CC2)c1. The monoisotopic (exact) mass is 479 g/mol. The summed E-state index contributed by atoms with van der Waals surface area (Å²) in [6.45, 7) is 0.660. The molecule has 0 atom stereocenters. The van der Waals surface area contributed by atoms with Crippen LogP contribution in [0.25, 0.3) is 11.0 Å². The molecule has 0 radical (unpaired) electrons. The molecule has 9 heteroatoms. The molecule has 1 saturated heterocycles. The summed E-state index contributed by atoms with van der Waals surface area (Å²) in [5.74, 6) is 1.47. The Morgan fingerprint density at radius 2 is 1.62 bits per heavy atom. The van der Waals surface area contributed by atoms with Crippen LogP contribution in [0, 0.1) is 0 Å². The number of hydrogen-bond acceptors (Lipinski definition) is 5. The lowest BCUT2D eigenvalue weighted by atomic mass is 10.1. The van der Waals surface area contributed by atoms with Gasteiger partial charge < -0.3 is 14.5 Å². The first kappa shape index (κ1) is 22.2. The van der Waals surface area contributed by atoms with Crippen molar-refractivity contribution in [2.75, 3.05) is 20.2 Å². The molecule has 0 saturated carbocycles. The molecule has 2 heterocycles. The predicted octanol–water partition coefficient (Wildman–Crippen LogP) is 4.16. The van der Waals surface area contributed by atoms with Crippen molar-refractivity contribution in [3.8, 4) is 17.2 Å². The summed E-state index contributed by atoms with van der Waals surface area (Å²) in [6, 6.07) is 21.1. The number of imidazole rings is 1. The van der Waals surface area contributed by atoms with Gasteiger partial charge in [-0.05, 0) is 49.2 Å². The molecular weight excluding hydrogens is 454 g/mol. The second-order valence-corrected chi connectivity index (χ2v) is 10.1. The maximum Gasteiger partial charge on any atom is 0.326 e. The average Bonchev–Trinajstić information content (AvgIpc) is 3.20. The number of rotatable bonds is 6. The molecule has 3 aromatic carbocycles. The van der Waals surface area contributed by atoms with Crippen LogP contribution in [0.5, 0.6) is 17.2 Å². The van der Waals surface area contributed by atoms with Gasteiger partial charge >= 0.3 is 5.69 Å². The van der Waals surface area contributed by atoms with Crippen LogP contribution in [-0.4, -0.2) is 42.5 Å². The van der Waals surface area contributed by atoms with Crippen molar-refractivity contribution < 1.29 is 17.9 Å². The van der Waals surface area contributed by atoms with Crippen LogP contribution in [0.2, 0.25) is 0 Å². The molecule has 1 aliphatic rings. The van der Waals surface area contributed by atoms with Crippen molar-refractivity contribution in [2.45, 2.75) is 23.8 Å². The molecule has 0 unspecified atom stereocenters. The number of para-hydroxylation sites is 4. The highest BCUT2D eigenvalue weighted by molar-refractivity contribution is 7.89. The summed E-state index contributed by atoms with van der Waals surface area (Å²) < 4.78 is 41.1. The van der Waals surface area contributed by atoms with E-state index in [9.17, 15) is 13.2 Å². The van der Waals surface area contributed by atoms with E-state index in [0.717, 1.165) is 11.0 Å². The fourth-order valence-corrected chi connectivity index (χ4v) is 5.96. The molecule has 1 N–H and O–H groups in total. The Morgan fingerprint density at radius 1 is 0.912 bits per heavy atom. The van der Waals surface area contributed by atoms with Gasteiger partial charge in [0.15, 0.2) is 11.5 Å². The quantitative estimate of drug-likeness (QED) is 0.448. The smallest absolute Gasteiger partial charge is 0.326 e. The Balaban J connectivity index is 1.34. The maximum absolute atomic E-state index is 13.4. The van der Waals surface area contributed by atoms with Crippen molar-refractivity contribution >= 4 is 21.1 Å². The van der Waals surface area contributed by atoms with Gasteiger partial charge in [-0.25, -0.2) is 13.2 Å². The number of hydrogen-bond donors (Lipinski definition) is 1. The number of methoxy groups -OCH3 is 1. The molecule has 8 nitrogen and oxygen atoms in total. The first-order chi connectivity index (χ1) is 16.5. The number of nitrogens with zero attached hydrogens (tertiary/aromatic N) is 2. The van der Waals surface area contributed by atoms with Gasteiger partial charge in [0.25, 0.3) is 0 Å². The lowest BCUT2D eigenvalue weighted by Crippen LogP contribution is -2.40.